The molecule has 0 spiro atoms. The van der Waals surface area contributed by atoms with Gasteiger partial charge in [-0.05, 0) is 42.4 Å². The van der Waals surface area contributed by atoms with Gasteiger partial charge in [-0.2, -0.15) is 23.5 Å². The summed E-state index contributed by atoms with van der Waals surface area (Å²) < 4.78 is 0. The van der Waals surface area contributed by atoms with Crippen molar-refractivity contribution >= 4 is 23.5 Å². The van der Waals surface area contributed by atoms with Gasteiger partial charge in [0.05, 0.1) is 0 Å². The van der Waals surface area contributed by atoms with Gasteiger partial charge in [0.2, 0.25) is 0 Å². The highest BCUT2D eigenvalue weighted by Gasteiger charge is 2.08. The Bertz CT molecular complexity index is 474. The molecule has 0 aromatic heterocycles. The fourth-order valence-electron chi connectivity index (χ4n) is 3.11. The molecule has 1 rings (SSSR count). The van der Waals surface area contributed by atoms with Crippen LogP contribution in [0.3, 0.4) is 0 Å². The number of hydrogen-bond acceptors (Lipinski definition) is 3. The summed E-state index contributed by atoms with van der Waals surface area (Å²) in [5.41, 5.74) is 3.53. The summed E-state index contributed by atoms with van der Waals surface area (Å²) in [5.74, 6) is 4.99. The van der Waals surface area contributed by atoms with E-state index in [-0.39, 0.29) is 0 Å². The van der Waals surface area contributed by atoms with Crippen LogP contribution in [0.4, 0.5) is 0 Å². The van der Waals surface area contributed by atoms with Crippen LogP contribution >= 0.6 is 23.5 Å². The van der Waals surface area contributed by atoms with E-state index in [4.69, 9.17) is 0 Å². The van der Waals surface area contributed by atoms with Gasteiger partial charge in [0.1, 0.15) is 5.75 Å². The van der Waals surface area contributed by atoms with Gasteiger partial charge in [-0.1, -0.05) is 77.3 Å². The lowest BCUT2D eigenvalue weighted by atomic mass is 10.1. The normalized spacial score (nSPS) is 11.2. The molecule has 1 aromatic rings. The zero-order valence-corrected chi connectivity index (χ0v) is 19.0. The van der Waals surface area contributed by atoms with Crippen LogP contribution in [0.25, 0.3) is 0 Å². The summed E-state index contributed by atoms with van der Waals surface area (Å²) >= 11 is 4.01. The Morgan fingerprint density at radius 1 is 0.731 bits per heavy atom. The van der Waals surface area contributed by atoms with Gasteiger partial charge in [0.15, 0.2) is 0 Å². The topological polar surface area (TPSA) is 20.2 Å². The molecule has 0 aliphatic heterocycles. The molecule has 0 radical (unpaired) electrons. The standard InChI is InChI=1S/C23H40OS2/c1-4-6-8-10-12-14-25-18-21-16-20(3)23(24)22(17-21)19-26-15-13-11-9-7-5-2/h16-17,24H,4-15,18-19H2,1-3H3. The van der Waals surface area contributed by atoms with Crippen molar-refractivity contribution in [2.75, 3.05) is 11.5 Å². The first-order valence-electron chi connectivity index (χ1n) is 10.7. The third kappa shape index (κ3) is 10.8. The van der Waals surface area contributed by atoms with Crippen molar-refractivity contribution in [2.24, 2.45) is 0 Å². The number of benzene rings is 1. The van der Waals surface area contributed by atoms with E-state index in [9.17, 15) is 5.11 Å². The Morgan fingerprint density at radius 3 is 1.85 bits per heavy atom. The van der Waals surface area contributed by atoms with Crippen molar-refractivity contribution in [2.45, 2.75) is 96.5 Å². The van der Waals surface area contributed by atoms with Gasteiger partial charge in [-0.3, -0.25) is 0 Å². The fraction of sp³-hybridized carbons (Fsp3) is 0.739. The molecule has 0 unspecified atom stereocenters. The van der Waals surface area contributed by atoms with Gasteiger partial charge >= 0.3 is 0 Å². The smallest absolute Gasteiger partial charge is 0.122 e. The van der Waals surface area contributed by atoms with Crippen molar-refractivity contribution in [1.29, 1.82) is 0 Å². The molecule has 1 nitrogen and oxygen atoms in total. The van der Waals surface area contributed by atoms with Gasteiger partial charge < -0.3 is 5.11 Å². The average molecular weight is 397 g/mol. The van der Waals surface area contributed by atoms with Crippen molar-refractivity contribution in [1.82, 2.24) is 0 Å². The lowest BCUT2D eigenvalue weighted by Crippen LogP contribution is -1.92. The van der Waals surface area contributed by atoms with Crippen molar-refractivity contribution < 1.29 is 5.11 Å². The molecule has 0 saturated heterocycles. The van der Waals surface area contributed by atoms with Crippen molar-refractivity contribution in [3.05, 3.63) is 28.8 Å². The largest absolute Gasteiger partial charge is 0.507 e. The van der Waals surface area contributed by atoms with Crippen molar-refractivity contribution in [3.8, 4) is 5.75 Å². The molecule has 0 atom stereocenters. The minimum absolute atomic E-state index is 0.511. The number of aromatic hydroxyl groups is 1. The molecule has 26 heavy (non-hydrogen) atoms. The average Bonchev–Trinajstić information content (AvgIpc) is 2.63. The Labute approximate surface area is 171 Å². The van der Waals surface area contributed by atoms with Crippen LogP contribution in [-0.2, 0) is 11.5 Å². The van der Waals surface area contributed by atoms with E-state index in [1.54, 1.807) is 0 Å². The minimum atomic E-state index is 0.511. The number of thioether (sulfide) groups is 2. The van der Waals surface area contributed by atoms with E-state index in [1.165, 1.54) is 81.3 Å². The maximum absolute atomic E-state index is 10.4. The van der Waals surface area contributed by atoms with E-state index in [2.05, 4.69) is 26.0 Å². The minimum Gasteiger partial charge on any atom is -0.507 e. The Hall–Kier alpha value is -0.280. The van der Waals surface area contributed by atoms with E-state index >= 15 is 0 Å². The summed E-state index contributed by atoms with van der Waals surface area (Å²) in [4.78, 5) is 0. The first-order chi connectivity index (χ1) is 12.7. The molecule has 0 heterocycles. The number of phenols is 1. The third-order valence-corrected chi connectivity index (χ3v) is 6.96. The quantitative estimate of drug-likeness (QED) is 0.285. The first kappa shape index (κ1) is 23.8. The van der Waals surface area contributed by atoms with E-state index in [1.807, 2.05) is 30.4 Å². The molecule has 150 valence electrons. The zero-order chi connectivity index (χ0) is 19.0. The maximum Gasteiger partial charge on any atom is 0.122 e. The Morgan fingerprint density at radius 2 is 1.27 bits per heavy atom. The zero-order valence-electron chi connectivity index (χ0n) is 17.3. The van der Waals surface area contributed by atoms with Gasteiger partial charge in [-0.15, -0.1) is 0 Å². The molecule has 0 amide bonds. The Kier molecular flexibility index (Phi) is 14.4. The van der Waals surface area contributed by atoms with Crippen LogP contribution in [0.2, 0.25) is 0 Å². The second-order valence-corrected chi connectivity index (χ2v) is 9.56. The molecule has 0 aliphatic rings. The van der Waals surface area contributed by atoms with Crippen LogP contribution in [-0.4, -0.2) is 16.6 Å². The number of aryl methyl sites for hydroxylation is 1. The van der Waals surface area contributed by atoms with Gasteiger partial charge in [0.25, 0.3) is 0 Å². The second-order valence-electron chi connectivity index (χ2n) is 7.35. The van der Waals surface area contributed by atoms with Gasteiger partial charge in [0, 0.05) is 17.1 Å². The fourth-order valence-corrected chi connectivity index (χ4v) is 5.06. The summed E-state index contributed by atoms with van der Waals surface area (Å²) in [6, 6.07) is 4.40. The molecule has 1 aromatic carbocycles. The Balaban J connectivity index is 2.31. The summed E-state index contributed by atoms with van der Waals surface area (Å²) in [6.07, 6.45) is 13.5. The van der Waals surface area contributed by atoms with Crippen LogP contribution in [0.15, 0.2) is 12.1 Å². The van der Waals surface area contributed by atoms with Gasteiger partial charge in [-0.25, -0.2) is 0 Å². The number of hydrogen-bond donors (Lipinski definition) is 1. The molecular weight excluding hydrogens is 356 g/mol. The maximum atomic E-state index is 10.4. The molecule has 0 saturated carbocycles. The summed E-state index contributed by atoms with van der Waals surface area (Å²) in [7, 11) is 0. The monoisotopic (exact) mass is 396 g/mol. The molecule has 0 bridgehead atoms. The van der Waals surface area contributed by atoms with E-state index < -0.39 is 0 Å². The highest BCUT2D eigenvalue weighted by molar-refractivity contribution is 7.98. The van der Waals surface area contributed by atoms with E-state index in [0.29, 0.717) is 5.75 Å². The number of rotatable bonds is 16. The molecule has 1 N–H and O–H groups in total. The van der Waals surface area contributed by atoms with Crippen LogP contribution < -0.4 is 0 Å². The number of unbranched alkanes of at least 4 members (excludes halogenated alkanes) is 8. The summed E-state index contributed by atoms with van der Waals surface area (Å²) in [5, 5.41) is 10.4. The SMILES string of the molecule is CCCCCCCSCc1cc(C)c(O)c(CSCCCCCCC)c1. The molecule has 3 heteroatoms. The second kappa shape index (κ2) is 15.7. The predicted molar refractivity (Wildman–Crippen MR) is 123 cm³/mol. The predicted octanol–water partition coefficient (Wildman–Crippen LogP) is 8.11. The lowest BCUT2D eigenvalue weighted by Gasteiger charge is -2.11. The highest BCUT2D eigenvalue weighted by Crippen LogP contribution is 2.29. The third-order valence-electron chi connectivity index (χ3n) is 4.75. The van der Waals surface area contributed by atoms with Crippen LogP contribution in [0, 0.1) is 6.92 Å². The van der Waals surface area contributed by atoms with Crippen molar-refractivity contribution in [3.63, 3.8) is 0 Å². The first-order valence-corrected chi connectivity index (χ1v) is 13.0. The molecular formula is C23H40OS2. The van der Waals surface area contributed by atoms with Crippen LogP contribution in [0.5, 0.6) is 5.75 Å². The highest BCUT2D eigenvalue weighted by atomic mass is 32.2. The summed E-state index contributed by atoms with van der Waals surface area (Å²) in [6.45, 7) is 6.56. The number of phenolic OH excluding ortho intramolecular Hbond substituents is 1. The molecule has 0 fully saturated rings. The van der Waals surface area contributed by atoms with E-state index in [0.717, 1.165) is 22.6 Å². The molecule has 0 aliphatic carbocycles. The van der Waals surface area contributed by atoms with Crippen LogP contribution in [0.1, 0.15) is 94.7 Å². The lowest BCUT2D eigenvalue weighted by molar-refractivity contribution is 0.466.